The first-order chi connectivity index (χ1) is 8.90. The van der Waals surface area contributed by atoms with Gasteiger partial charge in [-0.25, -0.2) is 0 Å². The third kappa shape index (κ3) is 1.36. The zero-order valence-electron chi connectivity index (χ0n) is 9.59. The summed E-state index contributed by atoms with van der Waals surface area (Å²) >= 11 is 0. The third-order valence-electron chi connectivity index (χ3n) is 3.24. The van der Waals surface area contributed by atoms with E-state index in [1.54, 1.807) is 12.5 Å². The summed E-state index contributed by atoms with van der Waals surface area (Å²) in [7, 11) is 0. The molecule has 0 atom stereocenters. The van der Waals surface area contributed by atoms with E-state index in [2.05, 4.69) is 24.3 Å². The Morgan fingerprint density at radius 3 is 1.56 bits per heavy atom. The van der Waals surface area contributed by atoms with Crippen molar-refractivity contribution in [3.05, 3.63) is 61.1 Å². The number of fused-ring (bicyclic) bond motifs is 2. The molecule has 0 aliphatic heterocycles. The fourth-order valence-corrected chi connectivity index (χ4v) is 2.29. The first-order valence-electron chi connectivity index (χ1n) is 5.85. The predicted octanol–water partition coefficient (Wildman–Crippen LogP) is 4.85. The maximum absolute atomic E-state index is 5.35. The van der Waals surface area contributed by atoms with E-state index < -0.39 is 0 Å². The van der Waals surface area contributed by atoms with Crippen LogP contribution in [-0.4, -0.2) is 0 Å². The Kier molecular flexibility index (Phi) is 1.86. The Morgan fingerprint density at radius 2 is 1.06 bits per heavy atom. The minimum absolute atomic E-state index is 0.920. The molecule has 0 saturated carbocycles. The Balaban J connectivity index is 1.93. The summed E-state index contributed by atoms with van der Waals surface area (Å²) in [4.78, 5) is 0. The van der Waals surface area contributed by atoms with Crippen molar-refractivity contribution < 1.29 is 8.83 Å². The fraction of sp³-hybridized carbons (Fsp3) is 0. The Bertz CT molecular complexity index is 764. The second-order valence-electron chi connectivity index (χ2n) is 4.35. The molecular formula is C16H10O2. The van der Waals surface area contributed by atoms with Crippen LogP contribution in [0, 0.1) is 0 Å². The molecule has 86 valence electrons. The number of rotatable bonds is 1. The van der Waals surface area contributed by atoms with E-state index in [9.17, 15) is 0 Å². The van der Waals surface area contributed by atoms with Gasteiger partial charge in [0, 0.05) is 10.8 Å². The van der Waals surface area contributed by atoms with Gasteiger partial charge in [0.05, 0.1) is 12.5 Å². The van der Waals surface area contributed by atoms with Gasteiger partial charge in [-0.05, 0) is 47.5 Å². The molecule has 0 aliphatic carbocycles. The minimum atomic E-state index is 0.920. The van der Waals surface area contributed by atoms with Gasteiger partial charge in [0.2, 0.25) is 0 Å². The van der Waals surface area contributed by atoms with E-state index >= 15 is 0 Å². The van der Waals surface area contributed by atoms with Crippen LogP contribution in [0.15, 0.2) is 69.9 Å². The van der Waals surface area contributed by atoms with E-state index in [1.807, 2.05) is 24.3 Å². The van der Waals surface area contributed by atoms with Gasteiger partial charge in [-0.15, -0.1) is 0 Å². The number of hydrogen-bond donors (Lipinski definition) is 0. The minimum Gasteiger partial charge on any atom is -0.464 e. The monoisotopic (exact) mass is 234 g/mol. The summed E-state index contributed by atoms with van der Waals surface area (Å²) in [6.07, 6.45) is 3.43. The van der Waals surface area contributed by atoms with Crippen molar-refractivity contribution in [3.63, 3.8) is 0 Å². The molecule has 4 aromatic rings. The molecule has 2 nitrogen and oxygen atoms in total. The molecule has 2 aromatic carbocycles. The quantitative estimate of drug-likeness (QED) is 0.470. The maximum atomic E-state index is 5.35. The van der Waals surface area contributed by atoms with Crippen LogP contribution in [-0.2, 0) is 0 Å². The van der Waals surface area contributed by atoms with E-state index in [0.29, 0.717) is 0 Å². The Hall–Kier alpha value is -2.48. The molecule has 0 aliphatic rings. The van der Waals surface area contributed by atoms with Gasteiger partial charge in [-0.2, -0.15) is 0 Å². The van der Waals surface area contributed by atoms with Crippen LogP contribution in [0.4, 0.5) is 0 Å². The van der Waals surface area contributed by atoms with Crippen molar-refractivity contribution in [3.8, 4) is 11.1 Å². The lowest BCUT2D eigenvalue weighted by Crippen LogP contribution is -1.77. The fourth-order valence-electron chi connectivity index (χ4n) is 2.29. The average molecular weight is 234 g/mol. The van der Waals surface area contributed by atoms with Crippen LogP contribution in [0.5, 0.6) is 0 Å². The van der Waals surface area contributed by atoms with Crippen LogP contribution in [0.3, 0.4) is 0 Å². The smallest absolute Gasteiger partial charge is 0.133 e. The number of furan rings is 2. The van der Waals surface area contributed by atoms with Gasteiger partial charge in [0.1, 0.15) is 11.2 Å². The van der Waals surface area contributed by atoms with E-state index in [0.717, 1.165) is 21.9 Å². The zero-order valence-corrected chi connectivity index (χ0v) is 9.59. The molecular weight excluding hydrogens is 224 g/mol. The topological polar surface area (TPSA) is 26.3 Å². The SMILES string of the molecule is c1cc2cc(-c3ccc4occc4c3)ccc2o1. The molecule has 4 rings (SSSR count). The molecule has 0 radical (unpaired) electrons. The van der Waals surface area contributed by atoms with Gasteiger partial charge < -0.3 is 8.83 Å². The summed E-state index contributed by atoms with van der Waals surface area (Å²) in [5, 5.41) is 2.25. The van der Waals surface area contributed by atoms with Crippen LogP contribution >= 0.6 is 0 Å². The zero-order chi connectivity index (χ0) is 11.9. The number of benzene rings is 2. The average Bonchev–Trinajstić information content (AvgIpc) is 3.05. The molecule has 18 heavy (non-hydrogen) atoms. The van der Waals surface area contributed by atoms with Crippen LogP contribution in [0.25, 0.3) is 33.1 Å². The molecule has 0 N–H and O–H groups in total. The van der Waals surface area contributed by atoms with E-state index in [1.165, 1.54) is 11.1 Å². The third-order valence-corrected chi connectivity index (χ3v) is 3.24. The summed E-state index contributed by atoms with van der Waals surface area (Å²) in [5.74, 6) is 0. The molecule has 0 amide bonds. The largest absolute Gasteiger partial charge is 0.464 e. The molecule has 2 heteroatoms. The van der Waals surface area contributed by atoms with Gasteiger partial charge in [-0.3, -0.25) is 0 Å². The van der Waals surface area contributed by atoms with Gasteiger partial charge in [0.25, 0.3) is 0 Å². The normalized spacial score (nSPS) is 11.3. The maximum Gasteiger partial charge on any atom is 0.133 e. The van der Waals surface area contributed by atoms with Gasteiger partial charge >= 0.3 is 0 Å². The molecule has 0 unspecified atom stereocenters. The van der Waals surface area contributed by atoms with Crippen LogP contribution in [0.1, 0.15) is 0 Å². The summed E-state index contributed by atoms with van der Waals surface area (Å²) in [6, 6.07) is 16.4. The van der Waals surface area contributed by atoms with Crippen molar-refractivity contribution in [1.82, 2.24) is 0 Å². The lowest BCUT2D eigenvalue weighted by atomic mass is 10.0. The Morgan fingerprint density at radius 1 is 0.556 bits per heavy atom. The molecule has 2 heterocycles. The first kappa shape index (κ1) is 9.54. The van der Waals surface area contributed by atoms with Crippen molar-refractivity contribution in [2.45, 2.75) is 0 Å². The molecule has 2 aromatic heterocycles. The van der Waals surface area contributed by atoms with Crippen molar-refractivity contribution in [1.29, 1.82) is 0 Å². The first-order valence-corrected chi connectivity index (χ1v) is 5.85. The molecule has 0 saturated heterocycles. The molecule has 0 spiro atoms. The number of hydrogen-bond acceptors (Lipinski definition) is 2. The van der Waals surface area contributed by atoms with Crippen LogP contribution in [0.2, 0.25) is 0 Å². The van der Waals surface area contributed by atoms with Gasteiger partial charge in [0.15, 0.2) is 0 Å². The Labute approximate surface area is 103 Å². The highest BCUT2D eigenvalue weighted by molar-refractivity contribution is 5.87. The summed E-state index contributed by atoms with van der Waals surface area (Å²) in [5.41, 5.74) is 4.21. The highest BCUT2D eigenvalue weighted by atomic mass is 16.3. The second-order valence-corrected chi connectivity index (χ2v) is 4.35. The molecule has 0 fully saturated rings. The van der Waals surface area contributed by atoms with E-state index in [4.69, 9.17) is 8.83 Å². The standard InChI is InChI=1S/C16H10O2/c1-3-15-13(5-7-17-15)9-11(1)12-2-4-16-14(10-12)6-8-18-16/h1-10H. The summed E-state index contributed by atoms with van der Waals surface area (Å²) in [6.45, 7) is 0. The van der Waals surface area contributed by atoms with E-state index in [-0.39, 0.29) is 0 Å². The van der Waals surface area contributed by atoms with Gasteiger partial charge in [-0.1, -0.05) is 12.1 Å². The lowest BCUT2D eigenvalue weighted by Gasteiger charge is -2.01. The molecule has 0 bridgehead atoms. The highest BCUT2D eigenvalue weighted by Gasteiger charge is 2.03. The van der Waals surface area contributed by atoms with Crippen LogP contribution < -0.4 is 0 Å². The predicted molar refractivity (Wildman–Crippen MR) is 71.4 cm³/mol. The van der Waals surface area contributed by atoms with Crippen molar-refractivity contribution in [2.24, 2.45) is 0 Å². The second kappa shape index (κ2) is 3.50. The van der Waals surface area contributed by atoms with Crippen molar-refractivity contribution in [2.75, 3.05) is 0 Å². The summed E-state index contributed by atoms with van der Waals surface area (Å²) < 4.78 is 10.7. The highest BCUT2D eigenvalue weighted by Crippen LogP contribution is 2.28. The van der Waals surface area contributed by atoms with Crippen molar-refractivity contribution >= 4 is 21.9 Å². The lowest BCUT2D eigenvalue weighted by molar-refractivity contribution is 0.615.